The number of rotatable bonds is 11. The van der Waals surface area contributed by atoms with Gasteiger partial charge in [0.2, 0.25) is 0 Å². The standard InChI is InChI=1S/C18H23N2O2/c1-3-17(5-9-19)8-13-21-15-16-22-14-12-20-10-6-18(4-2)7-11-20/h3-11,13,19H,1-2,12,14-16H2/q+1/b13-8-,17-5-,19-9?. The van der Waals surface area contributed by atoms with Gasteiger partial charge in [-0.25, -0.2) is 4.57 Å². The van der Waals surface area contributed by atoms with Gasteiger partial charge in [0.25, 0.3) is 0 Å². The molecule has 0 aliphatic heterocycles. The van der Waals surface area contributed by atoms with Gasteiger partial charge in [-0.3, -0.25) is 0 Å². The van der Waals surface area contributed by atoms with Crippen LogP contribution in [-0.4, -0.2) is 26.0 Å². The lowest BCUT2D eigenvalue weighted by molar-refractivity contribution is -0.698. The topological polar surface area (TPSA) is 46.2 Å². The molecular formula is C18H23N2O2+. The minimum absolute atomic E-state index is 0.492. The summed E-state index contributed by atoms with van der Waals surface area (Å²) in [5, 5.41) is 6.97. The highest BCUT2D eigenvalue weighted by molar-refractivity contribution is 5.70. The molecule has 0 aromatic carbocycles. The fourth-order valence-electron chi connectivity index (χ4n) is 1.62. The molecule has 0 atom stereocenters. The molecule has 0 aliphatic carbocycles. The molecule has 22 heavy (non-hydrogen) atoms. The second kappa shape index (κ2) is 11.2. The molecule has 1 heterocycles. The third kappa shape index (κ3) is 7.36. The van der Waals surface area contributed by atoms with Gasteiger partial charge < -0.3 is 14.9 Å². The van der Waals surface area contributed by atoms with E-state index in [4.69, 9.17) is 14.9 Å². The molecule has 116 valence electrons. The Bertz CT molecular complexity index is 531. The highest BCUT2D eigenvalue weighted by Gasteiger charge is 1.99. The number of aromatic nitrogens is 1. The maximum absolute atomic E-state index is 6.97. The van der Waals surface area contributed by atoms with Gasteiger partial charge in [0.1, 0.15) is 13.2 Å². The van der Waals surface area contributed by atoms with Crippen molar-refractivity contribution in [3.8, 4) is 0 Å². The molecule has 1 aromatic rings. The van der Waals surface area contributed by atoms with Crippen molar-refractivity contribution in [3.63, 3.8) is 0 Å². The van der Waals surface area contributed by atoms with Gasteiger partial charge in [0.15, 0.2) is 18.9 Å². The van der Waals surface area contributed by atoms with E-state index in [9.17, 15) is 0 Å². The summed E-state index contributed by atoms with van der Waals surface area (Å²) in [6, 6.07) is 4.03. The lowest BCUT2D eigenvalue weighted by Gasteiger charge is -2.02. The van der Waals surface area contributed by atoms with Crippen LogP contribution in [-0.2, 0) is 16.0 Å². The predicted molar refractivity (Wildman–Crippen MR) is 89.7 cm³/mol. The molecule has 0 amide bonds. The number of nitrogens with zero attached hydrogens (tertiary/aromatic N) is 1. The van der Waals surface area contributed by atoms with Crippen LogP contribution in [0.5, 0.6) is 0 Å². The molecule has 0 saturated carbocycles. The van der Waals surface area contributed by atoms with Crippen LogP contribution in [0, 0.1) is 5.41 Å². The van der Waals surface area contributed by atoms with Crippen molar-refractivity contribution in [2.75, 3.05) is 19.8 Å². The summed E-state index contributed by atoms with van der Waals surface area (Å²) in [5.74, 6) is 0. The van der Waals surface area contributed by atoms with E-state index in [1.165, 1.54) is 6.21 Å². The molecule has 4 heteroatoms. The van der Waals surface area contributed by atoms with E-state index in [0.717, 1.165) is 17.7 Å². The Kier molecular flexibility index (Phi) is 8.98. The summed E-state index contributed by atoms with van der Waals surface area (Å²) >= 11 is 0. The maximum Gasteiger partial charge on any atom is 0.171 e. The number of pyridine rings is 1. The van der Waals surface area contributed by atoms with Crippen LogP contribution < -0.4 is 4.57 Å². The molecule has 0 fully saturated rings. The number of hydrogen-bond donors (Lipinski definition) is 1. The highest BCUT2D eigenvalue weighted by atomic mass is 16.5. The first-order valence-corrected chi connectivity index (χ1v) is 7.10. The Morgan fingerprint density at radius 3 is 2.59 bits per heavy atom. The summed E-state index contributed by atoms with van der Waals surface area (Å²) in [6.45, 7) is 9.84. The second-order valence-electron chi connectivity index (χ2n) is 4.40. The number of nitrogens with one attached hydrogen (secondary N) is 1. The van der Waals surface area contributed by atoms with E-state index in [0.29, 0.717) is 19.8 Å². The fraction of sp³-hybridized carbons (Fsp3) is 0.222. The third-order valence-electron chi connectivity index (χ3n) is 2.86. The Morgan fingerprint density at radius 1 is 1.18 bits per heavy atom. The minimum Gasteiger partial charge on any atom is -0.499 e. The highest BCUT2D eigenvalue weighted by Crippen LogP contribution is 1.97. The van der Waals surface area contributed by atoms with Gasteiger partial charge in [0.05, 0.1) is 12.9 Å². The molecule has 0 bridgehead atoms. The predicted octanol–water partition coefficient (Wildman–Crippen LogP) is 2.93. The zero-order valence-corrected chi connectivity index (χ0v) is 12.8. The molecule has 1 rings (SSSR count). The average molecular weight is 299 g/mol. The van der Waals surface area contributed by atoms with E-state index in [-0.39, 0.29) is 0 Å². The summed E-state index contributed by atoms with van der Waals surface area (Å²) in [5.41, 5.74) is 1.93. The van der Waals surface area contributed by atoms with Crippen molar-refractivity contribution in [3.05, 3.63) is 73.3 Å². The fourth-order valence-corrected chi connectivity index (χ4v) is 1.62. The smallest absolute Gasteiger partial charge is 0.171 e. The van der Waals surface area contributed by atoms with E-state index < -0.39 is 0 Å². The summed E-state index contributed by atoms with van der Waals surface area (Å²) in [7, 11) is 0. The molecule has 0 radical (unpaired) electrons. The van der Waals surface area contributed by atoms with E-state index in [2.05, 4.69) is 17.7 Å². The first-order valence-electron chi connectivity index (χ1n) is 7.10. The van der Waals surface area contributed by atoms with Crippen molar-refractivity contribution in [1.82, 2.24) is 0 Å². The summed E-state index contributed by atoms with van der Waals surface area (Å²) in [6.07, 6.45) is 13.7. The first-order chi connectivity index (χ1) is 10.8. The molecule has 0 spiro atoms. The monoisotopic (exact) mass is 299 g/mol. The number of hydrogen-bond acceptors (Lipinski definition) is 3. The van der Waals surface area contributed by atoms with Gasteiger partial charge in [-0.2, -0.15) is 0 Å². The normalized spacial score (nSPS) is 11.4. The average Bonchev–Trinajstić information content (AvgIpc) is 2.56. The van der Waals surface area contributed by atoms with Crippen LogP contribution in [0.1, 0.15) is 5.56 Å². The van der Waals surface area contributed by atoms with Crippen molar-refractivity contribution in [1.29, 1.82) is 5.41 Å². The van der Waals surface area contributed by atoms with Gasteiger partial charge in [0, 0.05) is 18.3 Å². The molecule has 0 aliphatic rings. The molecular weight excluding hydrogens is 276 g/mol. The second-order valence-corrected chi connectivity index (χ2v) is 4.40. The molecule has 0 unspecified atom stereocenters. The third-order valence-corrected chi connectivity index (χ3v) is 2.86. The molecule has 0 saturated heterocycles. The quantitative estimate of drug-likeness (QED) is 0.224. The van der Waals surface area contributed by atoms with Crippen LogP contribution >= 0.6 is 0 Å². The Morgan fingerprint density at radius 2 is 1.95 bits per heavy atom. The minimum atomic E-state index is 0.492. The number of allylic oxidation sites excluding steroid dienone is 4. The van der Waals surface area contributed by atoms with Gasteiger partial charge in [-0.15, -0.1) is 0 Å². The van der Waals surface area contributed by atoms with Gasteiger partial charge >= 0.3 is 0 Å². The molecule has 1 aromatic heterocycles. The van der Waals surface area contributed by atoms with Crippen molar-refractivity contribution in [2.24, 2.45) is 0 Å². The lowest BCUT2D eigenvalue weighted by Crippen LogP contribution is -2.35. The van der Waals surface area contributed by atoms with Crippen molar-refractivity contribution >= 4 is 12.3 Å². The van der Waals surface area contributed by atoms with Gasteiger partial charge in [-0.1, -0.05) is 25.3 Å². The Hall–Kier alpha value is -2.46. The van der Waals surface area contributed by atoms with Crippen LogP contribution in [0.3, 0.4) is 0 Å². The molecule has 4 nitrogen and oxygen atoms in total. The molecule has 1 N–H and O–H groups in total. The van der Waals surface area contributed by atoms with E-state index in [1.807, 2.05) is 30.6 Å². The van der Waals surface area contributed by atoms with Crippen molar-refractivity contribution < 1.29 is 14.0 Å². The maximum atomic E-state index is 6.97. The number of ether oxygens (including phenoxy) is 2. The van der Waals surface area contributed by atoms with Crippen LogP contribution in [0.15, 0.2) is 67.7 Å². The van der Waals surface area contributed by atoms with E-state index >= 15 is 0 Å². The Balaban J connectivity index is 2.11. The van der Waals surface area contributed by atoms with Crippen LogP contribution in [0.4, 0.5) is 0 Å². The van der Waals surface area contributed by atoms with Crippen molar-refractivity contribution in [2.45, 2.75) is 6.54 Å². The summed E-state index contributed by atoms with van der Waals surface area (Å²) in [4.78, 5) is 0. The first kappa shape index (κ1) is 17.6. The van der Waals surface area contributed by atoms with E-state index in [1.54, 1.807) is 24.5 Å². The largest absolute Gasteiger partial charge is 0.499 e. The zero-order chi connectivity index (χ0) is 16.0. The lowest BCUT2D eigenvalue weighted by atomic mass is 10.2. The zero-order valence-electron chi connectivity index (χ0n) is 12.8. The Labute approximate surface area is 132 Å². The SMILES string of the molecule is C=CC(/C=C\OCCOCC[n+]1ccc(C=C)cc1)=C/C=N. The summed E-state index contributed by atoms with van der Waals surface area (Å²) < 4.78 is 12.9. The van der Waals surface area contributed by atoms with Crippen LogP contribution in [0.2, 0.25) is 0 Å². The van der Waals surface area contributed by atoms with Crippen LogP contribution in [0.25, 0.3) is 6.08 Å². The van der Waals surface area contributed by atoms with Gasteiger partial charge in [-0.05, 0) is 23.3 Å².